The maximum absolute atomic E-state index is 5.61. The van der Waals surface area contributed by atoms with Crippen molar-refractivity contribution in [3.05, 3.63) is 23.3 Å². The van der Waals surface area contributed by atoms with E-state index in [1.807, 2.05) is 0 Å². The molecule has 0 fully saturated rings. The van der Waals surface area contributed by atoms with E-state index in [1.165, 1.54) is 0 Å². The molecule has 14 heavy (non-hydrogen) atoms. The molecule has 0 amide bonds. The molecule has 76 valence electrons. The minimum absolute atomic E-state index is 0.638. The molecule has 1 aliphatic rings. The second-order valence-corrected chi connectivity index (χ2v) is 4.13. The number of benzene rings is 1. The van der Waals surface area contributed by atoms with Gasteiger partial charge >= 0.3 is 0 Å². The van der Waals surface area contributed by atoms with Gasteiger partial charge in [-0.25, -0.2) is 0 Å². The Morgan fingerprint density at radius 1 is 0.929 bits per heavy atom. The van der Waals surface area contributed by atoms with E-state index in [-0.39, 0.29) is 0 Å². The third-order valence-corrected chi connectivity index (χ3v) is 3.35. The summed E-state index contributed by atoms with van der Waals surface area (Å²) in [7, 11) is 0. The van der Waals surface area contributed by atoms with Crippen molar-refractivity contribution in [2.45, 2.75) is 10.7 Å². The molecule has 2 rings (SSSR count). The van der Waals surface area contributed by atoms with E-state index in [0.29, 0.717) is 13.2 Å². The Hall–Kier alpha value is -0.220. The zero-order valence-corrected chi connectivity index (χ0v) is 10.7. The highest BCUT2D eigenvalue weighted by atomic mass is 79.9. The van der Waals surface area contributed by atoms with Crippen LogP contribution in [0.25, 0.3) is 0 Å². The molecule has 0 unspecified atom stereocenters. The predicted octanol–water partition coefficient (Wildman–Crippen LogP) is 3.25. The zero-order chi connectivity index (χ0) is 9.97. The normalized spacial score (nSPS) is 14.1. The molecule has 0 aliphatic carbocycles. The molecule has 0 aromatic heterocycles. The summed E-state index contributed by atoms with van der Waals surface area (Å²) in [6.45, 7) is 1.28. The summed E-state index contributed by atoms with van der Waals surface area (Å²) in [6, 6.07) is 4.14. The second kappa shape index (κ2) is 4.53. The third kappa shape index (κ3) is 1.77. The topological polar surface area (TPSA) is 18.5 Å². The summed E-state index contributed by atoms with van der Waals surface area (Å²) in [4.78, 5) is 0. The predicted molar refractivity (Wildman–Crippen MR) is 62.7 cm³/mol. The number of hydrogen-bond acceptors (Lipinski definition) is 2. The summed E-state index contributed by atoms with van der Waals surface area (Å²) in [5, 5.41) is 1.59. The van der Waals surface area contributed by atoms with Crippen LogP contribution in [0, 0.1) is 0 Å². The minimum Gasteiger partial charge on any atom is -0.486 e. The Labute approximate surface area is 99.8 Å². The van der Waals surface area contributed by atoms with E-state index < -0.39 is 0 Å². The molecule has 2 nitrogen and oxygen atoms in total. The average Bonchev–Trinajstić information content (AvgIpc) is 2.27. The van der Waals surface area contributed by atoms with Gasteiger partial charge in [-0.1, -0.05) is 44.0 Å². The van der Waals surface area contributed by atoms with Gasteiger partial charge in [-0.05, 0) is 0 Å². The number of ether oxygens (including phenoxy) is 2. The van der Waals surface area contributed by atoms with Crippen molar-refractivity contribution in [1.82, 2.24) is 0 Å². The van der Waals surface area contributed by atoms with Crippen molar-refractivity contribution < 1.29 is 9.47 Å². The van der Waals surface area contributed by atoms with E-state index in [9.17, 15) is 0 Å². The van der Waals surface area contributed by atoms with Crippen LogP contribution in [0.15, 0.2) is 12.1 Å². The quantitative estimate of drug-likeness (QED) is 0.778. The van der Waals surface area contributed by atoms with E-state index in [4.69, 9.17) is 9.47 Å². The van der Waals surface area contributed by atoms with Crippen LogP contribution in [0.3, 0.4) is 0 Å². The Bertz CT molecular complexity index is 306. The van der Waals surface area contributed by atoms with Crippen LogP contribution >= 0.6 is 31.9 Å². The highest BCUT2D eigenvalue weighted by Crippen LogP contribution is 2.38. The molecule has 0 radical (unpaired) electrons. The van der Waals surface area contributed by atoms with Crippen LogP contribution in [0.1, 0.15) is 11.1 Å². The fourth-order valence-electron chi connectivity index (χ4n) is 1.46. The standard InChI is InChI=1S/C10H10Br2O2/c11-5-7-1-2-8(6-12)10-9(7)13-3-4-14-10/h1-2H,3-6H2. The molecule has 4 heteroatoms. The van der Waals surface area contributed by atoms with Crippen LogP contribution in [0.5, 0.6) is 11.5 Å². The van der Waals surface area contributed by atoms with Gasteiger partial charge < -0.3 is 9.47 Å². The molecular formula is C10H10Br2O2. The summed E-state index contributed by atoms with van der Waals surface area (Å²) in [5.74, 6) is 1.79. The molecular weight excluding hydrogens is 312 g/mol. The number of hydrogen-bond donors (Lipinski definition) is 0. The van der Waals surface area contributed by atoms with E-state index in [0.717, 1.165) is 33.3 Å². The Morgan fingerprint density at radius 2 is 1.36 bits per heavy atom. The minimum atomic E-state index is 0.638. The smallest absolute Gasteiger partial charge is 0.165 e. The van der Waals surface area contributed by atoms with Crippen LogP contribution in [0.2, 0.25) is 0 Å². The summed E-state index contributed by atoms with van der Waals surface area (Å²) >= 11 is 6.87. The van der Waals surface area contributed by atoms with Crippen LogP contribution < -0.4 is 9.47 Å². The number of fused-ring (bicyclic) bond motifs is 1. The Balaban J connectivity index is 2.50. The molecule has 0 atom stereocenters. The Morgan fingerprint density at radius 3 is 1.71 bits per heavy atom. The number of rotatable bonds is 2. The third-order valence-electron chi connectivity index (χ3n) is 2.14. The molecule has 0 spiro atoms. The van der Waals surface area contributed by atoms with Gasteiger partial charge in [0.25, 0.3) is 0 Å². The first-order valence-electron chi connectivity index (χ1n) is 4.39. The maximum Gasteiger partial charge on any atom is 0.165 e. The van der Waals surface area contributed by atoms with Gasteiger partial charge in [-0.2, -0.15) is 0 Å². The first kappa shape index (κ1) is 10.3. The lowest BCUT2D eigenvalue weighted by molar-refractivity contribution is 0.169. The monoisotopic (exact) mass is 320 g/mol. The molecule has 1 aromatic carbocycles. The lowest BCUT2D eigenvalue weighted by Crippen LogP contribution is -2.17. The van der Waals surface area contributed by atoms with Gasteiger partial charge in [0.15, 0.2) is 11.5 Å². The highest BCUT2D eigenvalue weighted by Gasteiger charge is 2.18. The lowest BCUT2D eigenvalue weighted by atomic mass is 10.1. The number of alkyl halides is 2. The summed E-state index contributed by atoms with van der Waals surface area (Å²) < 4.78 is 11.2. The maximum atomic E-state index is 5.61. The van der Waals surface area contributed by atoms with Gasteiger partial charge in [0.05, 0.1) is 0 Å². The van der Waals surface area contributed by atoms with Crippen molar-refractivity contribution in [3.63, 3.8) is 0 Å². The zero-order valence-electron chi connectivity index (χ0n) is 7.56. The van der Waals surface area contributed by atoms with Crippen molar-refractivity contribution in [2.75, 3.05) is 13.2 Å². The van der Waals surface area contributed by atoms with Crippen molar-refractivity contribution in [2.24, 2.45) is 0 Å². The largest absolute Gasteiger partial charge is 0.486 e. The van der Waals surface area contributed by atoms with Gasteiger partial charge in [-0.3, -0.25) is 0 Å². The fraction of sp³-hybridized carbons (Fsp3) is 0.400. The van der Waals surface area contributed by atoms with Gasteiger partial charge in [0.1, 0.15) is 13.2 Å². The molecule has 1 aromatic rings. The molecule has 0 bridgehead atoms. The first-order valence-corrected chi connectivity index (χ1v) is 6.63. The second-order valence-electron chi connectivity index (χ2n) is 3.01. The fourth-order valence-corrected chi connectivity index (χ4v) is 2.34. The molecule has 0 saturated heterocycles. The van der Waals surface area contributed by atoms with Gasteiger partial charge in [-0.15, -0.1) is 0 Å². The van der Waals surface area contributed by atoms with E-state index >= 15 is 0 Å². The molecule has 0 saturated carbocycles. The molecule has 0 N–H and O–H groups in total. The first-order chi connectivity index (χ1) is 6.86. The van der Waals surface area contributed by atoms with Crippen molar-refractivity contribution in [1.29, 1.82) is 0 Å². The molecule has 1 aliphatic heterocycles. The van der Waals surface area contributed by atoms with Crippen molar-refractivity contribution >= 4 is 31.9 Å². The van der Waals surface area contributed by atoms with Crippen LogP contribution in [0.4, 0.5) is 0 Å². The van der Waals surface area contributed by atoms with Crippen molar-refractivity contribution in [3.8, 4) is 11.5 Å². The highest BCUT2D eigenvalue weighted by molar-refractivity contribution is 9.08. The average molecular weight is 322 g/mol. The van der Waals surface area contributed by atoms with Crippen LogP contribution in [-0.2, 0) is 10.7 Å². The van der Waals surface area contributed by atoms with Gasteiger partial charge in [0.2, 0.25) is 0 Å². The number of halogens is 2. The molecule has 1 heterocycles. The SMILES string of the molecule is BrCc1ccc(CBr)c2c1OCCO2. The van der Waals surface area contributed by atoms with Crippen LogP contribution in [-0.4, -0.2) is 13.2 Å². The lowest BCUT2D eigenvalue weighted by Gasteiger charge is -2.22. The van der Waals surface area contributed by atoms with E-state index in [2.05, 4.69) is 44.0 Å². The Kier molecular flexibility index (Phi) is 3.34. The summed E-state index contributed by atoms with van der Waals surface area (Å²) in [6.07, 6.45) is 0. The van der Waals surface area contributed by atoms with Gasteiger partial charge in [0, 0.05) is 21.8 Å². The summed E-state index contributed by atoms with van der Waals surface area (Å²) in [5.41, 5.74) is 2.29. The van der Waals surface area contributed by atoms with E-state index in [1.54, 1.807) is 0 Å².